The lowest BCUT2D eigenvalue weighted by Crippen LogP contribution is -2.09. The first-order valence-corrected chi connectivity index (χ1v) is 3.48. The molecular formula is C7H10ClN3O2. The zero-order valence-electron chi connectivity index (χ0n) is 7.06. The number of esters is 1. The van der Waals surface area contributed by atoms with Gasteiger partial charge < -0.3 is 10.5 Å². The number of hydrogen-bond acceptors (Lipinski definition) is 5. The van der Waals surface area contributed by atoms with Crippen LogP contribution in [0, 0.1) is 0 Å². The number of nitrogens with zero attached hydrogens (tertiary/aromatic N) is 2. The van der Waals surface area contributed by atoms with E-state index < -0.39 is 5.97 Å². The summed E-state index contributed by atoms with van der Waals surface area (Å²) in [5, 5.41) is 0. The fourth-order valence-electron chi connectivity index (χ4n) is 0.639. The van der Waals surface area contributed by atoms with Crippen molar-refractivity contribution in [3.8, 4) is 0 Å². The van der Waals surface area contributed by atoms with Gasteiger partial charge in [-0.05, 0) is 6.92 Å². The maximum atomic E-state index is 11.0. The van der Waals surface area contributed by atoms with Crippen LogP contribution < -0.4 is 5.73 Å². The molecule has 13 heavy (non-hydrogen) atoms. The molecule has 0 bridgehead atoms. The van der Waals surface area contributed by atoms with E-state index in [1.165, 1.54) is 12.4 Å². The number of halogens is 1. The van der Waals surface area contributed by atoms with E-state index in [1.54, 1.807) is 6.92 Å². The molecule has 1 rings (SSSR count). The van der Waals surface area contributed by atoms with E-state index >= 15 is 0 Å². The molecular weight excluding hydrogens is 194 g/mol. The zero-order chi connectivity index (χ0) is 8.97. The molecule has 0 unspecified atom stereocenters. The molecule has 1 aromatic heterocycles. The Kier molecular flexibility index (Phi) is 4.76. The fourth-order valence-corrected chi connectivity index (χ4v) is 0.639. The van der Waals surface area contributed by atoms with Crippen molar-refractivity contribution in [1.82, 2.24) is 9.97 Å². The van der Waals surface area contributed by atoms with Crippen molar-refractivity contribution in [2.24, 2.45) is 0 Å². The molecule has 2 N–H and O–H groups in total. The molecule has 6 heteroatoms. The Morgan fingerprint density at radius 1 is 1.54 bits per heavy atom. The van der Waals surface area contributed by atoms with Crippen molar-refractivity contribution in [2.45, 2.75) is 6.92 Å². The van der Waals surface area contributed by atoms with Gasteiger partial charge in [0.2, 0.25) is 5.82 Å². The molecule has 1 aromatic rings. The number of aromatic nitrogens is 2. The predicted octanol–water partition coefficient (Wildman–Crippen LogP) is 0.657. The number of nitrogens with two attached hydrogens (primary N) is 1. The van der Waals surface area contributed by atoms with Crippen LogP contribution in [0.5, 0.6) is 0 Å². The van der Waals surface area contributed by atoms with E-state index in [-0.39, 0.29) is 18.2 Å². The third-order valence-electron chi connectivity index (χ3n) is 1.13. The van der Waals surface area contributed by atoms with Gasteiger partial charge in [-0.25, -0.2) is 14.8 Å². The SMILES string of the molecule is CCOC(=O)c1ncc(N)cn1.Cl. The average molecular weight is 204 g/mol. The highest BCUT2D eigenvalue weighted by molar-refractivity contribution is 5.85. The molecule has 0 aliphatic heterocycles. The first kappa shape index (κ1) is 11.6. The monoisotopic (exact) mass is 203 g/mol. The van der Waals surface area contributed by atoms with Gasteiger partial charge in [0.15, 0.2) is 0 Å². The minimum Gasteiger partial charge on any atom is -0.460 e. The Balaban J connectivity index is 0.00000144. The zero-order valence-corrected chi connectivity index (χ0v) is 7.87. The van der Waals surface area contributed by atoms with Crippen molar-refractivity contribution < 1.29 is 9.53 Å². The summed E-state index contributed by atoms with van der Waals surface area (Å²) in [6.45, 7) is 2.03. The van der Waals surface area contributed by atoms with Gasteiger partial charge in [-0.2, -0.15) is 0 Å². The lowest BCUT2D eigenvalue weighted by Gasteiger charge is -1.98. The van der Waals surface area contributed by atoms with Crippen LogP contribution in [0.15, 0.2) is 12.4 Å². The Morgan fingerprint density at radius 3 is 2.54 bits per heavy atom. The fraction of sp³-hybridized carbons (Fsp3) is 0.286. The van der Waals surface area contributed by atoms with Crippen LogP contribution in [0.3, 0.4) is 0 Å². The average Bonchev–Trinajstić information content (AvgIpc) is 2.06. The number of hydrogen-bond donors (Lipinski definition) is 1. The molecule has 0 saturated heterocycles. The summed E-state index contributed by atoms with van der Waals surface area (Å²) in [6, 6.07) is 0. The van der Waals surface area contributed by atoms with Crippen LogP contribution in [-0.4, -0.2) is 22.5 Å². The molecule has 0 fully saturated rings. The lowest BCUT2D eigenvalue weighted by atomic mass is 10.5. The third-order valence-corrected chi connectivity index (χ3v) is 1.13. The summed E-state index contributed by atoms with van der Waals surface area (Å²) in [6.07, 6.45) is 2.72. The molecule has 5 nitrogen and oxygen atoms in total. The molecule has 0 atom stereocenters. The molecule has 0 aromatic carbocycles. The van der Waals surface area contributed by atoms with E-state index in [2.05, 4.69) is 14.7 Å². The Bertz CT molecular complexity index is 276. The third kappa shape index (κ3) is 3.25. The van der Waals surface area contributed by atoms with Gasteiger partial charge in [0.05, 0.1) is 24.7 Å². The first-order valence-electron chi connectivity index (χ1n) is 3.48. The quantitative estimate of drug-likeness (QED) is 0.715. The molecule has 1 heterocycles. The van der Waals surface area contributed by atoms with Gasteiger partial charge in [-0.15, -0.1) is 12.4 Å². The minimum atomic E-state index is -0.530. The summed E-state index contributed by atoms with van der Waals surface area (Å²) >= 11 is 0. The normalized spacial score (nSPS) is 8.69. The Hall–Kier alpha value is -1.36. The lowest BCUT2D eigenvalue weighted by molar-refractivity contribution is 0.0512. The smallest absolute Gasteiger partial charge is 0.376 e. The topological polar surface area (TPSA) is 78.1 Å². The number of carbonyl (C=O) groups excluding carboxylic acids is 1. The van der Waals surface area contributed by atoms with Crippen molar-refractivity contribution in [3.63, 3.8) is 0 Å². The number of nitrogen functional groups attached to an aromatic ring is 1. The molecule has 0 amide bonds. The number of anilines is 1. The van der Waals surface area contributed by atoms with Gasteiger partial charge in [0, 0.05) is 0 Å². The van der Waals surface area contributed by atoms with Gasteiger partial charge in [0.1, 0.15) is 0 Å². The van der Waals surface area contributed by atoms with Crippen LogP contribution in [0.1, 0.15) is 17.5 Å². The largest absolute Gasteiger partial charge is 0.460 e. The number of rotatable bonds is 2. The van der Waals surface area contributed by atoms with Crippen LogP contribution in [0.25, 0.3) is 0 Å². The Labute approximate surface area is 81.7 Å². The molecule has 0 aliphatic carbocycles. The van der Waals surface area contributed by atoms with Crippen molar-refractivity contribution >= 4 is 24.1 Å². The van der Waals surface area contributed by atoms with E-state index in [0.29, 0.717) is 12.3 Å². The van der Waals surface area contributed by atoms with Crippen molar-refractivity contribution in [3.05, 3.63) is 18.2 Å². The summed E-state index contributed by atoms with van der Waals surface area (Å²) in [5.74, 6) is -0.497. The number of carbonyl (C=O) groups is 1. The second kappa shape index (κ2) is 5.31. The highest BCUT2D eigenvalue weighted by Gasteiger charge is 2.08. The van der Waals surface area contributed by atoms with Gasteiger partial charge in [0.25, 0.3) is 0 Å². The highest BCUT2D eigenvalue weighted by Crippen LogP contribution is 1.97. The van der Waals surface area contributed by atoms with Crippen molar-refractivity contribution in [2.75, 3.05) is 12.3 Å². The van der Waals surface area contributed by atoms with Crippen LogP contribution in [0.4, 0.5) is 5.69 Å². The second-order valence-corrected chi connectivity index (χ2v) is 2.06. The van der Waals surface area contributed by atoms with Gasteiger partial charge in [-0.1, -0.05) is 0 Å². The highest BCUT2D eigenvalue weighted by atomic mass is 35.5. The molecule has 0 radical (unpaired) electrons. The molecule has 0 aliphatic rings. The van der Waals surface area contributed by atoms with Crippen LogP contribution in [0.2, 0.25) is 0 Å². The van der Waals surface area contributed by atoms with Gasteiger partial charge in [-0.3, -0.25) is 0 Å². The summed E-state index contributed by atoms with van der Waals surface area (Å²) in [4.78, 5) is 18.3. The van der Waals surface area contributed by atoms with E-state index in [0.717, 1.165) is 0 Å². The first-order chi connectivity index (χ1) is 5.74. The predicted molar refractivity (Wildman–Crippen MR) is 49.6 cm³/mol. The van der Waals surface area contributed by atoms with Crippen LogP contribution in [-0.2, 0) is 4.74 Å². The molecule has 72 valence electrons. The number of ether oxygens (including phenoxy) is 1. The summed E-state index contributed by atoms with van der Waals surface area (Å²) in [5.41, 5.74) is 5.74. The van der Waals surface area contributed by atoms with E-state index in [9.17, 15) is 4.79 Å². The summed E-state index contributed by atoms with van der Waals surface area (Å²) < 4.78 is 4.66. The molecule has 0 spiro atoms. The van der Waals surface area contributed by atoms with Crippen molar-refractivity contribution in [1.29, 1.82) is 0 Å². The van der Waals surface area contributed by atoms with E-state index in [1.807, 2.05) is 0 Å². The van der Waals surface area contributed by atoms with Gasteiger partial charge >= 0.3 is 5.97 Å². The van der Waals surface area contributed by atoms with Crippen LogP contribution >= 0.6 is 12.4 Å². The maximum Gasteiger partial charge on any atom is 0.376 e. The second-order valence-electron chi connectivity index (χ2n) is 2.06. The standard InChI is InChI=1S/C7H9N3O2.ClH/c1-2-12-7(11)6-9-3-5(8)4-10-6;/h3-4H,2,8H2,1H3;1H. The van der Waals surface area contributed by atoms with E-state index in [4.69, 9.17) is 5.73 Å². The minimum absolute atomic E-state index is 0. The Morgan fingerprint density at radius 2 is 2.08 bits per heavy atom. The molecule has 0 saturated carbocycles. The summed E-state index contributed by atoms with van der Waals surface area (Å²) in [7, 11) is 0. The maximum absolute atomic E-state index is 11.0.